The molecular formula is C18H27NO11. The molecule has 0 bridgehead atoms. The van der Waals surface area contributed by atoms with Crippen LogP contribution < -0.4 is 0 Å². The van der Waals surface area contributed by atoms with Crippen LogP contribution in [0.3, 0.4) is 0 Å². The van der Waals surface area contributed by atoms with Crippen LogP contribution in [0.5, 0.6) is 0 Å². The van der Waals surface area contributed by atoms with E-state index >= 15 is 0 Å². The maximum Gasteiger partial charge on any atom is 0.189 e. The van der Waals surface area contributed by atoms with Gasteiger partial charge in [0.1, 0.15) is 48.8 Å². The van der Waals surface area contributed by atoms with E-state index in [1.807, 2.05) is 6.07 Å². The van der Waals surface area contributed by atoms with Crippen molar-refractivity contribution in [1.82, 2.24) is 0 Å². The van der Waals surface area contributed by atoms with Gasteiger partial charge in [-0.25, -0.2) is 0 Å². The summed E-state index contributed by atoms with van der Waals surface area (Å²) >= 11 is 0. The van der Waals surface area contributed by atoms with Gasteiger partial charge in [-0.15, -0.1) is 0 Å². The third kappa shape index (κ3) is 4.52. The summed E-state index contributed by atoms with van der Waals surface area (Å²) in [6.07, 6.45) is -12.7. The predicted octanol–water partition coefficient (Wildman–Crippen LogP) is -3.76. The van der Waals surface area contributed by atoms with Crippen LogP contribution in [0, 0.1) is 11.3 Å². The number of aliphatic hydroxyl groups excluding tert-OH is 7. The fourth-order valence-corrected chi connectivity index (χ4v) is 3.61. The molecular weight excluding hydrogens is 406 g/mol. The molecule has 12 atom stereocenters. The lowest BCUT2D eigenvalue weighted by Crippen LogP contribution is -2.62. The first-order valence-corrected chi connectivity index (χ1v) is 9.56. The zero-order valence-corrected chi connectivity index (χ0v) is 16.1. The topological polar surface area (TPSA) is 202 Å². The minimum Gasteiger partial charge on any atom is -0.389 e. The van der Waals surface area contributed by atoms with Crippen LogP contribution in [0.15, 0.2) is 12.2 Å². The monoisotopic (exact) mass is 433 g/mol. The molecule has 7 N–H and O–H groups in total. The average Bonchev–Trinajstić information content (AvgIpc) is 3.10. The molecule has 0 aromatic rings. The second-order valence-electron chi connectivity index (χ2n) is 7.78. The molecule has 30 heavy (non-hydrogen) atoms. The zero-order chi connectivity index (χ0) is 22.2. The number of hydrogen-bond donors (Lipinski definition) is 7. The van der Waals surface area contributed by atoms with Gasteiger partial charge in [0.25, 0.3) is 0 Å². The van der Waals surface area contributed by atoms with Crippen LogP contribution in [-0.4, -0.2) is 115 Å². The minimum atomic E-state index is -1.70. The Kier molecular flexibility index (Phi) is 7.12. The first kappa shape index (κ1) is 23.5. The van der Waals surface area contributed by atoms with Gasteiger partial charge in [-0.2, -0.15) is 5.26 Å². The van der Waals surface area contributed by atoms with Gasteiger partial charge in [0, 0.05) is 6.42 Å². The van der Waals surface area contributed by atoms with Crippen molar-refractivity contribution in [2.75, 3.05) is 6.61 Å². The number of hydrogen-bond acceptors (Lipinski definition) is 12. The Morgan fingerprint density at radius 2 is 1.57 bits per heavy atom. The van der Waals surface area contributed by atoms with Crippen LogP contribution >= 0.6 is 0 Å². The smallest absolute Gasteiger partial charge is 0.189 e. The largest absolute Gasteiger partial charge is 0.389 e. The molecule has 2 heterocycles. The highest BCUT2D eigenvalue weighted by atomic mass is 16.7. The van der Waals surface area contributed by atoms with Gasteiger partial charge < -0.3 is 54.7 Å². The number of nitrogens with zero attached hydrogens (tertiary/aromatic N) is 1. The van der Waals surface area contributed by atoms with Gasteiger partial charge in [-0.3, -0.25) is 0 Å². The fraction of sp³-hybridized carbons (Fsp3) is 0.833. The normalized spacial score (nSPS) is 51.6. The van der Waals surface area contributed by atoms with Crippen molar-refractivity contribution in [2.24, 2.45) is 0 Å². The van der Waals surface area contributed by atoms with E-state index in [0.717, 1.165) is 0 Å². The molecule has 0 saturated carbocycles. The molecule has 1 aliphatic carbocycles. The molecule has 12 heteroatoms. The maximum atomic E-state index is 10.2. The van der Waals surface area contributed by atoms with Crippen molar-refractivity contribution in [3.8, 4) is 6.07 Å². The van der Waals surface area contributed by atoms with E-state index in [0.29, 0.717) is 0 Å². The minimum absolute atomic E-state index is 0.101. The van der Waals surface area contributed by atoms with E-state index in [2.05, 4.69) is 0 Å². The molecule has 12 nitrogen and oxygen atoms in total. The van der Waals surface area contributed by atoms with Crippen molar-refractivity contribution in [1.29, 1.82) is 5.26 Å². The van der Waals surface area contributed by atoms with Crippen molar-refractivity contribution in [3.63, 3.8) is 0 Å². The molecule has 3 rings (SSSR count). The zero-order valence-electron chi connectivity index (χ0n) is 16.1. The Morgan fingerprint density at radius 1 is 0.933 bits per heavy atom. The van der Waals surface area contributed by atoms with Crippen molar-refractivity contribution < 1.29 is 54.7 Å². The molecule has 3 aliphatic rings. The first-order chi connectivity index (χ1) is 14.1. The Labute approximate surface area is 172 Å². The highest BCUT2D eigenvalue weighted by Crippen LogP contribution is 2.32. The first-order valence-electron chi connectivity index (χ1n) is 9.56. The predicted molar refractivity (Wildman–Crippen MR) is 94.2 cm³/mol. The number of aliphatic hydroxyl groups is 7. The van der Waals surface area contributed by atoms with Gasteiger partial charge in [-0.05, 0) is 13.0 Å². The molecule has 0 spiro atoms. The van der Waals surface area contributed by atoms with E-state index in [-0.39, 0.29) is 6.42 Å². The molecule has 2 fully saturated rings. The Hall–Kier alpha value is -1.21. The second kappa shape index (κ2) is 9.11. The highest BCUT2D eigenvalue weighted by molar-refractivity contribution is 5.24. The van der Waals surface area contributed by atoms with Gasteiger partial charge in [0.15, 0.2) is 18.2 Å². The van der Waals surface area contributed by atoms with E-state index in [9.17, 15) is 41.0 Å². The SMILES string of the molecule is C[C@H]1O[C@@H](OC[C@H]2O[C@@H](O[C@]3(C#N)C=C[C@H](O)C3)[C@H](O)[C@@H](O)[C@H]2O)[C@@H](O)[C@H](O)[C@@H]1O. The fourth-order valence-electron chi connectivity index (χ4n) is 3.61. The molecule has 0 aromatic heterocycles. The van der Waals surface area contributed by atoms with Crippen LogP contribution in [0.4, 0.5) is 0 Å². The van der Waals surface area contributed by atoms with Gasteiger partial charge >= 0.3 is 0 Å². The third-order valence-electron chi connectivity index (χ3n) is 5.52. The highest BCUT2D eigenvalue weighted by Gasteiger charge is 2.49. The summed E-state index contributed by atoms with van der Waals surface area (Å²) in [6.45, 7) is 1.02. The van der Waals surface area contributed by atoms with E-state index in [1.54, 1.807) is 0 Å². The standard InChI is InChI=1S/C18H27NO11/c1-7-10(21)12(23)14(25)16(28-7)27-5-9-11(22)13(24)15(26)17(29-9)30-18(6-19)3-2-8(20)4-18/h2-3,7-17,20-26H,4-5H2,1H3/t7-,8+,9-,10-,11+,12-,13+,14+,15-,16-,17+,18-/m1/s1. The molecule has 170 valence electrons. The Bertz CT molecular complexity index is 671. The summed E-state index contributed by atoms with van der Waals surface area (Å²) in [5.74, 6) is 0. The lowest BCUT2D eigenvalue weighted by molar-refractivity contribution is -0.335. The maximum absolute atomic E-state index is 10.2. The second-order valence-corrected chi connectivity index (χ2v) is 7.78. The number of rotatable bonds is 5. The summed E-state index contributed by atoms with van der Waals surface area (Å²) in [4.78, 5) is 0. The van der Waals surface area contributed by atoms with Crippen molar-refractivity contribution in [2.45, 2.75) is 86.5 Å². The van der Waals surface area contributed by atoms with E-state index in [1.165, 1.54) is 19.1 Å². The lowest BCUT2D eigenvalue weighted by atomic mass is 9.98. The van der Waals surface area contributed by atoms with Gasteiger partial charge in [0.2, 0.25) is 0 Å². The Morgan fingerprint density at radius 3 is 2.17 bits per heavy atom. The quantitative estimate of drug-likeness (QED) is 0.209. The van der Waals surface area contributed by atoms with Crippen molar-refractivity contribution in [3.05, 3.63) is 12.2 Å². The molecule has 0 unspecified atom stereocenters. The van der Waals surface area contributed by atoms with Crippen LogP contribution in [-0.2, 0) is 18.9 Å². The van der Waals surface area contributed by atoms with Gasteiger partial charge in [0.05, 0.1) is 18.8 Å². The summed E-state index contributed by atoms with van der Waals surface area (Å²) in [7, 11) is 0. The molecule has 0 radical (unpaired) electrons. The average molecular weight is 433 g/mol. The van der Waals surface area contributed by atoms with E-state index in [4.69, 9.17) is 18.9 Å². The van der Waals surface area contributed by atoms with Crippen molar-refractivity contribution >= 4 is 0 Å². The summed E-state index contributed by atoms with van der Waals surface area (Å²) in [5, 5.41) is 79.2. The molecule has 2 saturated heterocycles. The third-order valence-corrected chi connectivity index (χ3v) is 5.52. The molecule has 0 aromatic carbocycles. The summed E-state index contributed by atoms with van der Waals surface area (Å²) in [5.41, 5.74) is -1.59. The molecule has 0 amide bonds. The number of nitriles is 1. The van der Waals surface area contributed by atoms with Crippen LogP contribution in [0.1, 0.15) is 13.3 Å². The lowest BCUT2D eigenvalue weighted by Gasteiger charge is -2.43. The summed E-state index contributed by atoms with van der Waals surface area (Å²) < 4.78 is 21.7. The van der Waals surface area contributed by atoms with E-state index < -0.39 is 79.7 Å². The van der Waals surface area contributed by atoms with Gasteiger partial charge in [-0.1, -0.05) is 6.08 Å². The molecule has 2 aliphatic heterocycles. The summed E-state index contributed by atoms with van der Waals surface area (Å²) in [6, 6.07) is 1.88. The van der Waals surface area contributed by atoms with Crippen LogP contribution in [0.2, 0.25) is 0 Å². The Balaban J connectivity index is 1.65. The van der Waals surface area contributed by atoms with Crippen LogP contribution in [0.25, 0.3) is 0 Å². The number of ether oxygens (including phenoxy) is 4.